The van der Waals surface area contributed by atoms with Crippen molar-refractivity contribution in [1.82, 2.24) is 9.66 Å². The van der Waals surface area contributed by atoms with E-state index in [2.05, 4.69) is 26.0 Å². The van der Waals surface area contributed by atoms with Crippen LogP contribution in [0.2, 0.25) is 0 Å². The van der Waals surface area contributed by atoms with Gasteiger partial charge in [0.2, 0.25) is 0 Å². The van der Waals surface area contributed by atoms with Crippen molar-refractivity contribution in [3.05, 3.63) is 108 Å². The summed E-state index contributed by atoms with van der Waals surface area (Å²) < 4.78 is 7.53. The number of halogens is 1. The number of aryl methyl sites for hydroxylation is 1. The van der Waals surface area contributed by atoms with Gasteiger partial charge < -0.3 is 9.84 Å². The lowest BCUT2D eigenvalue weighted by Crippen LogP contribution is -2.22. The van der Waals surface area contributed by atoms with E-state index >= 15 is 0 Å². The van der Waals surface area contributed by atoms with Crippen LogP contribution < -0.4 is 10.3 Å². The zero-order valence-electron chi connectivity index (χ0n) is 18.9. The number of ether oxygens (including phenoxy) is 1. The van der Waals surface area contributed by atoms with Crippen LogP contribution in [0.3, 0.4) is 0 Å². The normalized spacial score (nSPS) is 11.2. The Morgan fingerprint density at radius 2 is 1.94 bits per heavy atom. The zero-order valence-corrected chi connectivity index (χ0v) is 20.5. The minimum absolute atomic E-state index is 0.0156. The average molecular weight is 551 g/mol. The number of rotatable bonds is 8. The predicted molar refractivity (Wildman–Crippen MR) is 137 cm³/mol. The first-order valence-electron chi connectivity index (χ1n) is 10.8. The van der Waals surface area contributed by atoms with Gasteiger partial charge in [0, 0.05) is 22.5 Å². The topological polar surface area (TPSA) is 137 Å². The number of nitro benzene ring substituents is 1. The summed E-state index contributed by atoms with van der Waals surface area (Å²) in [5.74, 6) is -0.548. The van der Waals surface area contributed by atoms with Gasteiger partial charge in [-0.25, -0.2) is 9.78 Å². The molecular formula is C25H19BrN4O6. The van der Waals surface area contributed by atoms with Crippen LogP contribution in [0.4, 0.5) is 5.69 Å². The highest BCUT2D eigenvalue weighted by Gasteiger charge is 2.16. The fraction of sp³-hybridized carbons (Fsp3) is 0.120. The Hall–Kier alpha value is -4.38. The molecular weight excluding hydrogens is 532 g/mol. The van der Waals surface area contributed by atoms with Crippen molar-refractivity contribution in [2.75, 3.05) is 0 Å². The molecule has 0 radical (unpaired) electrons. The second kappa shape index (κ2) is 10.5. The van der Waals surface area contributed by atoms with Crippen LogP contribution in [0, 0.1) is 10.1 Å². The van der Waals surface area contributed by atoms with Crippen LogP contribution in [-0.2, 0) is 13.0 Å². The number of aromatic nitrogens is 2. The van der Waals surface area contributed by atoms with Gasteiger partial charge in [0.25, 0.3) is 5.56 Å². The third-order valence-corrected chi connectivity index (χ3v) is 5.78. The minimum atomic E-state index is -1.05. The molecule has 0 aliphatic rings. The Morgan fingerprint density at radius 3 is 2.61 bits per heavy atom. The fourth-order valence-corrected chi connectivity index (χ4v) is 3.81. The molecule has 4 aromatic rings. The second-order valence-electron chi connectivity index (χ2n) is 7.68. The first kappa shape index (κ1) is 24.7. The minimum Gasteiger partial charge on any atom is -0.482 e. The molecule has 1 heterocycles. The van der Waals surface area contributed by atoms with E-state index in [1.54, 1.807) is 36.4 Å². The molecule has 4 rings (SSSR count). The molecule has 0 bridgehead atoms. The standard InChI is InChI=1S/C25H19BrN4O6/c1-2-23-28-20-9-8-18(26)12-19(20)24(31)29(23)27-13-16-5-10-22(21(11-16)30(34)35)36-14-15-3-6-17(7-4-15)25(32)33/h3-13H,2,14H2,1H3,(H,32,33). The third-order valence-electron chi connectivity index (χ3n) is 5.29. The van der Waals surface area contributed by atoms with Crippen molar-refractivity contribution in [3.8, 4) is 5.75 Å². The van der Waals surface area contributed by atoms with Crippen LogP contribution in [0.1, 0.15) is 34.2 Å². The van der Waals surface area contributed by atoms with E-state index in [1.165, 1.54) is 35.2 Å². The van der Waals surface area contributed by atoms with Gasteiger partial charge in [-0.2, -0.15) is 9.78 Å². The number of fused-ring (bicyclic) bond motifs is 1. The average Bonchev–Trinajstić information content (AvgIpc) is 2.87. The van der Waals surface area contributed by atoms with Gasteiger partial charge >= 0.3 is 11.7 Å². The third kappa shape index (κ3) is 5.31. The summed E-state index contributed by atoms with van der Waals surface area (Å²) in [5, 5.41) is 25.3. The molecule has 11 heteroatoms. The second-order valence-corrected chi connectivity index (χ2v) is 8.60. The molecule has 0 aliphatic carbocycles. The van der Waals surface area contributed by atoms with Gasteiger partial charge in [-0.3, -0.25) is 14.9 Å². The Kier molecular flexibility index (Phi) is 7.20. The van der Waals surface area contributed by atoms with Gasteiger partial charge in [-0.15, -0.1) is 0 Å². The Bertz CT molecular complexity index is 1560. The molecule has 182 valence electrons. The molecule has 10 nitrogen and oxygen atoms in total. The molecule has 1 aromatic heterocycles. The maximum absolute atomic E-state index is 13.0. The highest BCUT2D eigenvalue weighted by atomic mass is 79.9. The van der Waals surface area contributed by atoms with Gasteiger partial charge in [0.05, 0.1) is 27.6 Å². The van der Waals surface area contributed by atoms with Gasteiger partial charge in [0.15, 0.2) is 5.75 Å². The van der Waals surface area contributed by atoms with E-state index in [0.717, 1.165) is 4.47 Å². The van der Waals surface area contributed by atoms with Crippen molar-refractivity contribution >= 4 is 44.7 Å². The Balaban J connectivity index is 1.61. The number of carbonyl (C=O) groups is 1. The van der Waals surface area contributed by atoms with Crippen LogP contribution in [-0.4, -0.2) is 31.9 Å². The van der Waals surface area contributed by atoms with Gasteiger partial charge in [-0.05, 0) is 48.0 Å². The van der Waals surface area contributed by atoms with Crippen LogP contribution in [0.5, 0.6) is 5.75 Å². The lowest BCUT2D eigenvalue weighted by atomic mass is 10.1. The summed E-state index contributed by atoms with van der Waals surface area (Å²) in [4.78, 5) is 39.6. The summed E-state index contributed by atoms with van der Waals surface area (Å²) >= 11 is 3.35. The Morgan fingerprint density at radius 1 is 1.19 bits per heavy atom. The quantitative estimate of drug-likeness (QED) is 0.189. The molecule has 0 spiro atoms. The van der Waals surface area contributed by atoms with E-state index in [9.17, 15) is 19.7 Å². The predicted octanol–water partition coefficient (Wildman–Crippen LogP) is 4.79. The van der Waals surface area contributed by atoms with E-state index < -0.39 is 10.9 Å². The first-order chi connectivity index (χ1) is 17.3. The lowest BCUT2D eigenvalue weighted by Gasteiger charge is -2.09. The molecule has 36 heavy (non-hydrogen) atoms. The van der Waals surface area contributed by atoms with Crippen molar-refractivity contribution in [3.63, 3.8) is 0 Å². The Labute approximate surface area is 212 Å². The molecule has 0 unspecified atom stereocenters. The van der Waals surface area contributed by atoms with Crippen molar-refractivity contribution in [2.45, 2.75) is 20.0 Å². The van der Waals surface area contributed by atoms with Crippen LogP contribution >= 0.6 is 15.9 Å². The zero-order chi connectivity index (χ0) is 25.8. The monoisotopic (exact) mass is 550 g/mol. The maximum atomic E-state index is 13.0. The van der Waals surface area contributed by atoms with Crippen molar-refractivity contribution < 1.29 is 19.6 Å². The molecule has 0 fully saturated rings. The smallest absolute Gasteiger partial charge is 0.335 e. The summed E-state index contributed by atoms with van der Waals surface area (Å²) in [6, 6.07) is 15.6. The summed E-state index contributed by atoms with van der Waals surface area (Å²) in [6.45, 7) is 1.87. The number of carboxylic acids is 1. The fourth-order valence-electron chi connectivity index (χ4n) is 3.45. The van der Waals surface area contributed by atoms with Gasteiger partial charge in [0.1, 0.15) is 12.4 Å². The SMILES string of the molecule is CCc1nc2ccc(Br)cc2c(=O)n1N=Cc1ccc(OCc2ccc(C(=O)O)cc2)c([N+](=O)[O-])c1. The lowest BCUT2D eigenvalue weighted by molar-refractivity contribution is -0.385. The van der Waals surface area contributed by atoms with Crippen LogP contribution in [0.25, 0.3) is 10.9 Å². The number of hydrogen-bond donors (Lipinski definition) is 1. The highest BCUT2D eigenvalue weighted by Crippen LogP contribution is 2.28. The summed E-state index contributed by atoms with van der Waals surface area (Å²) in [7, 11) is 0. The highest BCUT2D eigenvalue weighted by molar-refractivity contribution is 9.10. The first-order valence-corrected chi connectivity index (χ1v) is 11.5. The molecule has 0 saturated carbocycles. The number of benzene rings is 3. The number of nitro groups is 1. The van der Waals surface area contributed by atoms with E-state index in [4.69, 9.17) is 9.84 Å². The summed E-state index contributed by atoms with van der Waals surface area (Å²) in [5.41, 5.74) is 1.11. The maximum Gasteiger partial charge on any atom is 0.335 e. The molecule has 1 N–H and O–H groups in total. The van der Waals surface area contributed by atoms with Crippen molar-refractivity contribution in [2.24, 2.45) is 5.10 Å². The summed E-state index contributed by atoms with van der Waals surface area (Å²) in [6.07, 6.45) is 1.81. The van der Waals surface area contributed by atoms with E-state index in [0.29, 0.717) is 34.3 Å². The molecule has 0 saturated heterocycles. The largest absolute Gasteiger partial charge is 0.482 e. The number of hydrogen-bond acceptors (Lipinski definition) is 7. The van der Waals surface area contributed by atoms with Gasteiger partial charge in [-0.1, -0.05) is 35.0 Å². The number of aromatic carboxylic acids is 1. The van der Waals surface area contributed by atoms with Crippen molar-refractivity contribution in [1.29, 1.82) is 0 Å². The molecule has 0 atom stereocenters. The van der Waals surface area contributed by atoms with Crippen LogP contribution in [0.15, 0.2) is 75.0 Å². The number of carboxylic acid groups (broad SMARTS) is 1. The molecule has 0 aliphatic heterocycles. The number of nitrogens with zero attached hydrogens (tertiary/aromatic N) is 4. The van der Waals surface area contributed by atoms with E-state index in [1.807, 2.05) is 6.92 Å². The molecule has 0 amide bonds. The molecule has 3 aromatic carbocycles. The van der Waals surface area contributed by atoms with E-state index in [-0.39, 0.29) is 29.2 Å².